The molecule has 0 amide bonds. The van der Waals surface area contributed by atoms with E-state index in [0.717, 1.165) is 10.8 Å². The second-order valence-electron chi connectivity index (χ2n) is 4.11. The van der Waals surface area contributed by atoms with Gasteiger partial charge in [0, 0.05) is 12.7 Å². The second kappa shape index (κ2) is 7.90. The van der Waals surface area contributed by atoms with Gasteiger partial charge in [-0.3, -0.25) is 0 Å². The summed E-state index contributed by atoms with van der Waals surface area (Å²) in [6.45, 7) is 7.46. The molecule has 17 heavy (non-hydrogen) atoms. The van der Waals surface area contributed by atoms with Crippen molar-refractivity contribution in [2.24, 2.45) is 5.92 Å². The number of hydrogen-bond acceptors (Lipinski definition) is 4. The van der Waals surface area contributed by atoms with Crippen molar-refractivity contribution in [1.29, 1.82) is 0 Å². The van der Waals surface area contributed by atoms with E-state index in [2.05, 4.69) is 23.8 Å². The molecule has 0 aliphatic heterocycles. The number of rotatable bonds is 7. The number of ether oxygens (including phenoxy) is 1. The Kier molecular flexibility index (Phi) is 6.85. The molecule has 0 fully saturated rings. The first kappa shape index (κ1) is 14.7. The maximum absolute atomic E-state index is 5.95. The van der Waals surface area contributed by atoms with E-state index in [-0.39, 0.29) is 0 Å². The predicted molar refractivity (Wildman–Crippen MR) is 72.6 cm³/mol. The first-order chi connectivity index (χ1) is 8.11. The van der Waals surface area contributed by atoms with Crippen LogP contribution in [0.4, 0.5) is 0 Å². The van der Waals surface area contributed by atoms with Crippen molar-refractivity contribution in [2.45, 2.75) is 38.8 Å². The van der Waals surface area contributed by atoms with Gasteiger partial charge in [-0.25, -0.2) is 9.97 Å². The molecule has 1 heterocycles. The van der Waals surface area contributed by atoms with Gasteiger partial charge in [0.2, 0.25) is 0 Å². The molecule has 1 rings (SSSR count). The zero-order valence-electron chi connectivity index (χ0n) is 10.6. The molecule has 0 saturated heterocycles. The maximum atomic E-state index is 5.95. The minimum Gasteiger partial charge on any atom is -0.374 e. The maximum Gasteiger partial charge on any atom is 0.156 e. The van der Waals surface area contributed by atoms with E-state index >= 15 is 0 Å². The topological polar surface area (TPSA) is 35.0 Å². The monoisotopic (exact) mass is 274 g/mol. The highest BCUT2D eigenvalue weighted by Gasteiger charge is 2.04. The van der Waals surface area contributed by atoms with E-state index in [1.165, 1.54) is 6.42 Å². The van der Waals surface area contributed by atoms with Crippen molar-refractivity contribution in [3.8, 4) is 0 Å². The van der Waals surface area contributed by atoms with E-state index in [9.17, 15) is 0 Å². The fourth-order valence-electron chi connectivity index (χ4n) is 1.17. The summed E-state index contributed by atoms with van der Waals surface area (Å²) < 4.78 is 5.28. The summed E-state index contributed by atoms with van der Waals surface area (Å²) in [5, 5.41) is 1.42. The summed E-state index contributed by atoms with van der Waals surface area (Å²) in [5.74, 6) is 2.42. The van der Waals surface area contributed by atoms with E-state index in [4.69, 9.17) is 16.3 Å². The Hall–Kier alpha value is -0.320. The second-order valence-corrected chi connectivity index (χ2v) is 5.62. The zero-order valence-corrected chi connectivity index (χ0v) is 12.1. The highest BCUT2D eigenvalue weighted by molar-refractivity contribution is 7.99. The number of hydrogen-bond donors (Lipinski definition) is 0. The van der Waals surface area contributed by atoms with E-state index in [0.29, 0.717) is 30.1 Å². The Morgan fingerprint density at radius 2 is 2.18 bits per heavy atom. The van der Waals surface area contributed by atoms with Gasteiger partial charge in [0.25, 0.3) is 0 Å². The smallest absolute Gasteiger partial charge is 0.156 e. The molecular formula is C12H19ClN2OS. The fraction of sp³-hybridized carbons (Fsp3) is 0.667. The van der Waals surface area contributed by atoms with Crippen LogP contribution >= 0.6 is 23.4 Å². The van der Waals surface area contributed by atoms with E-state index in [1.54, 1.807) is 11.8 Å². The van der Waals surface area contributed by atoms with Crippen LogP contribution in [0.1, 0.15) is 33.0 Å². The van der Waals surface area contributed by atoms with Crippen LogP contribution in [-0.4, -0.2) is 22.3 Å². The number of aromatic nitrogens is 2. The standard InChI is InChI=1S/C12H19ClN2OS/c1-4-16-8-11-14-10(13)7-12(15-11)17-6-5-9(2)3/h7,9H,4-6,8H2,1-3H3. The van der Waals surface area contributed by atoms with E-state index < -0.39 is 0 Å². The fourth-order valence-corrected chi connectivity index (χ4v) is 2.60. The van der Waals surface area contributed by atoms with Gasteiger partial charge in [0.05, 0.1) is 0 Å². The van der Waals surface area contributed by atoms with Crippen molar-refractivity contribution in [3.05, 3.63) is 17.0 Å². The predicted octanol–water partition coefficient (Wildman–Crippen LogP) is 3.80. The molecule has 0 radical (unpaired) electrons. The third-order valence-corrected chi connectivity index (χ3v) is 3.24. The summed E-state index contributed by atoms with van der Waals surface area (Å²) >= 11 is 7.67. The summed E-state index contributed by atoms with van der Waals surface area (Å²) in [4.78, 5) is 8.54. The van der Waals surface area contributed by atoms with Crippen LogP contribution in [0.2, 0.25) is 5.15 Å². The van der Waals surface area contributed by atoms with Crippen LogP contribution in [0.5, 0.6) is 0 Å². The lowest BCUT2D eigenvalue weighted by molar-refractivity contribution is 0.128. The number of halogens is 1. The summed E-state index contributed by atoms with van der Waals surface area (Å²) in [7, 11) is 0. The molecular weight excluding hydrogens is 256 g/mol. The summed E-state index contributed by atoms with van der Waals surface area (Å²) in [6, 6.07) is 1.81. The van der Waals surface area contributed by atoms with Gasteiger partial charge in [-0.1, -0.05) is 25.4 Å². The molecule has 0 unspecified atom stereocenters. The van der Waals surface area contributed by atoms with Gasteiger partial charge < -0.3 is 4.74 Å². The molecule has 0 aliphatic rings. The lowest BCUT2D eigenvalue weighted by atomic mass is 10.2. The van der Waals surface area contributed by atoms with Gasteiger partial charge in [-0.2, -0.15) is 0 Å². The van der Waals surface area contributed by atoms with Crippen LogP contribution < -0.4 is 0 Å². The molecule has 0 aliphatic carbocycles. The van der Waals surface area contributed by atoms with Gasteiger partial charge in [-0.05, 0) is 25.0 Å². The third kappa shape index (κ3) is 6.24. The van der Waals surface area contributed by atoms with Gasteiger partial charge in [0.15, 0.2) is 5.82 Å². The van der Waals surface area contributed by atoms with Gasteiger partial charge in [-0.15, -0.1) is 11.8 Å². The average molecular weight is 275 g/mol. The van der Waals surface area contributed by atoms with Crippen LogP contribution in [-0.2, 0) is 11.3 Å². The average Bonchev–Trinajstić information content (AvgIpc) is 2.25. The minimum atomic E-state index is 0.425. The van der Waals surface area contributed by atoms with Gasteiger partial charge >= 0.3 is 0 Å². The molecule has 3 nitrogen and oxygen atoms in total. The normalized spacial score (nSPS) is 11.1. The summed E-state index contributed by atoms with van der Waals surface area (Å²) in [6.07, 6.45) is 1.17. The highest BCUT2D eigenvalue weighted by atomic mass is 35.5. The van der Waals surface area contributed by atoms with Crippen molar-refractivity contribution in [3.63, 3.8) is 0 Å². The quantitative estimate of drug-likeness (QED) is 0.559. The Morgan fingerprint density at radius 1 is 1.41 bits per heavy atom. The molecule has 0 aromatic carbocycles. The molecule has 1 aromatic rings. The third-order valence-electron chi connectivity index (χ3n) is 2.10. The minimum absolute atomic E-state index is 0.425. The van der Waals surface area contributed by atoms with Crippen LogP contribution in [0.15, 0.2) is 11.1 Å². The number of nitrogens with zero attached hydrogens (tertiary/aromatic N) is 2. The highest BCUT2D eigenvalue weighted by Crippen LogP contribution is 2.21. The molecule has 0 atom stereocenters. The lowest BCUT2D eigenvalue weighted by Gasteiger charge is -2.06. The Morgan fingerprint density at radius 3 is 2.82 bits per heavy atom. The molecule has 5 heteroatoms. The van der Waals surface area contributed by atoms with Crippen LogP contribution in [0, 0.1) is 5.92 Å². The molecule has 1 aromatic heterocycles. The van der Waals surface area contributed by atoms with Gasteiger partial charge in [0.1, 0.15) is 16.8 Å². The van der Waals surface area contributed by atoms with Crippen molar-refractivity contribution < 1.29 is 4.74 Å². The first-order valence-corrected chi connectivity index (χ1v) is 7.22. The van der Waals surface area contributed by atoms with E-state index in [1.807, 2.05) is 13.0 Å². The molecule has 0 bridgehead atoms. The van der Waals surface area contributed by atoms with Crippen molar-refractivity contribution >= 4 is 23.4 Å². The summed E-state index contributed by atoms with van der Waals surface area (Å²) in [5.41, 5.74) is 0. The van der Waals surface area contributed by atoms with Crippen LogP contribution in [0.25, 0.3) is 0 Å². The van der Waals surface area contributed by atoms with Crippen molar-refractivity contribution in [1.82, 2.24) is 9.97 Å². The number of thioether (sulfide) groups is 1. The van der Waals surface area contributed by atoms with Crippen molar-refractivity contribution in [2.75, 3.05) is 12.4 Å². The Bertz CT molecular complexity index is 347. The largest absolute Gasteiger partial charge is 0.374 e. The first-order valence-electron chi connectivity index (χ1n) is 5.85. The lowest BCUT2D eigenvalue weighted by Crippen LogP contribution is -2.00. The molecule has 0 spiro atoms. The van der Waals surface area contributed by atoms with Crippen LogP contribution in [0.3, 0.4) is 0 Å². The molecule has 96 valence electrons. The Balaban J connectivity index is 2.55. The zero-order chi connectivity index (χ0) is 12.7. The molecule has 0 N–H and O–H groups in total. The molecule has 0 saturated carbocycles. The SMILES string of the molecule is CCOCc1nc(Cl)cc(SCCC(C)C)n1. The Labute approximate surface area is 112 Å².